The lowest BCUT2D eigenvalue weighted by Gasteiger charge is -2.54. The fourth-order valence-electron chi connectivity index (χ4n) is 9.11. The first-order valence-electron chi connectivity index (χ1n) is 20.6. The Balaban J connectivity index is 0.858. The third kappa shape index (κ3) is 9.22. The number of piperidine rings is 1. The summed E-state index contributed by atoms with van der Waals surface area (Å²) in [5, 5.41) is 2.17. The number of carbonyl (C=O) groups is 8. The molecule has 0 aromatic heterocycles. The highest BCUT2D eigenvalue weighted by atomic mass is 16.6. The third-order valence-corrected chi connectivity index (χ3v) is 12.1. The van der Waals surface area contributed by atoms with Crippen LogP contribution in [0.4, 0.5) is 0 Å². The molecular weight excluding hydrogens is 812 g/mol. The molecule has 0 spiro atoms. The minimum Gasteiger partial charge on any atom is -0.490 e. The smallest absolute Gasteiger partial charge is 0.333 e. The fourth-order valence-corrected chi connectivity index (χ4v) is 9.11. The van der Waals surface area contributed by atoms with Gasteiger partial charge >= 0.3 is 23.9 Å². The summed E-state index contributed by atoms with van der Waals surface area (Å²) in [6.07, 6.45) is 8.33. The van der Waals surface area contributed by atoms with Gasteiger partial charge in [0.05, 0.1) is 57.9 Å². The lowest BCUT2D eigenvalue weighted by atomic mass is 9.62. The maximum absolute atomic E-state index is 13.8. The lowest BCUT2D eigenvalue weighted by molar-refractivity contribution is -0.235. The van der Waals surface area contributed by atoms with Crippen molar-refractivity contribution in [2.24, 2.45) is 11.3 Å². The van der Waals surface area contributed by atoms with Gasteiger partial charge in [-0.3, -0.25) is 39.0 Å². The Morgan fingerprint density at radius 3 is 2.26 bits per heavy atom. The monoisotopic (exact) mass is 864 g/mol. The number of amides is 4. The molecular formula is C44H52N2O16. The number of cyclic esters (lactones) is 1. The van der Waals surface area contributed by atoms with E-state index in [1.54, 1.807) is 50.3 Å². The summed E-state index contributed by atoms with van der Waals surface area (Å²) in [4.78, 5) is 102. The molecule has 0 radical (unpaired) electrons. The number of nitrogens with zero attached hydrogens (tertiary/aromatic N) is 1. The average molecular weight is 865 g/mol. The normalized spacial score (nSPS) is 26.9. The average Bonchev–Trinajstić information content (AvgIpc) is 3.57. The first-order valence-corrected chi connectivity index (χ1v) is 20.6. The van der Waals surface area contributed by atoms with Gasteiger partial charge in [0.15, 0.2) is 0 Å². The van der Waals surface area contributed by atoms with E-state index >= 15 is 0 Å². The summed E-state index contributed by atoms with van der Waals surface area (Å²) in [5.41, 5.74) is -2.58. The molecule has 1 saturated carbocycles. The van der Waals surface area contributed by atoms with Crippen molar-refractivity contribution in [2.45, 2.75) is 83.0 Å². The number of allylic oxidation sites excluding steroid dienone is 3. The van der Waals surface area contributed by atoms with Crippen molar-refractivity contribution in [3.63, 3.8) is 0 Å². The summed E-state index contributed by atoms with van der Waals surface area (Å²) < 4.78 is 44.7. The van der Waals surface area contributed by atoms with Crippen LogP contribution in [0.25, 0.3) is 0 Å². The van der Waals surface area contributed by atoms with Crippen molar-refractivity contribution in [2.75, 3.05) is 60.0 Å². The van der Waals surface area contributed by atoms with Crippen molar-refractivity contribution >= 4 is 47.5 Å². The molecule has 18 heteroatoms. The van der Waals surface area contributed by atoms with E-state index in [1.807, 2.05) is 0 Å². The van der Waals surface area contributed by atoms with Gasteiger partial charge in [-0.05, 0) is 70.6 Å². The van der Waals surface area contributed by atoms with Gasteiger partial charge in [-0.2, -0.15) is 0 Å². The molecule has 2 bridgehead atoms. The van der Waals surface area contributed by atoms with Crippen LogP contribution in [0.5, 0.6) is 5.75 Å². The first-order chi connectivity index (χ1) is 29.7. The maximum Gasteiger partial charge on any atom is 0.333 e. The highest BCUT2D eigenvalue weighted by molar-refractivity contribution is 6.24. The second-order valence-corrected chi connectivity index (χ2v) is 15.8. The molecule has 1 aromatic rings. The topological polar surface area (TPSA) is 226 Å². The van der Waals surface area contributed by atoms with E-state index in [2.05, 4.69) is 5.32 Å². The zero-order valence-corrected chi connectivity index (χ0v) is 35.3. The summed E-state index contributed by atoms with van der Waals surface area (Å²) >= 11 is 0. The molecule has 5 aliphatic rings. The zero-order chi connectivity index (χ0) is 44.7. The second-order valence-electron chi connectivity index (χ2n) is 15.8. The van der Waals surface area contributed by atoms with Crippen molar-refractivity contribution in [3.05, 3.63) is 64.8 Å². The van der Waals surface area contributed by atoms with Crippen LogP contribution < -0.4 is 10.1 Å². The molecule has 4 amide bonds. The Morgan fingerprint density at radius 2 is 1.58 bits per heavy atom. The van der Waals surface area contributed by atoms with Gasteiger partial charge in [0.1, 0.15) is 41.6 Å². The number of benzene rings is 1. The second kappa shape index (κ2) is 19.5. The quantitative estimate of drug-likeness (QED) is 0.0527. The molecule has 3 fully saturated rings. The van der Waals surface area contributed by atoms with Crippen LogP contribution in [0.3, 0.4) is 0 Å². The van der Waals surface area contributed by atoms with Gasteiger partial charge < -0.3 is 37.9 Å². The van der Waals surface area contributed by atoms with E-state index in [-0.39, 0.29) is 102 Å². The van der Waals surface area contributed by atoms with E-state index in [4.69, 9.17) is 37.9 Å². The van der Waals surface area contributed by atoms with Crippen LogP contribution in [0.15, 0.2) is 53.6 Å². The van der Waals surface area contributed by atoms with Crippen LogP contribution in [0, 0.1) is 11.3 Å². The molecule has 6 rings (SSSR count). The SMILES string of the molecule is COC(=O)C1=CC[C@@]23CC[C@H]([C@@](C)(/C=C/C=C(\C)C(=O)OCCOCCOCCOCCOc4cccc5c4C(=O)N(C4CCC(=O)NC4=O)C5=O)OC2=O)[C@@]3(OC(C)=O)CC1. The molecule has 1 unspecified atom stereocenters. The Hall–Kier alpha value is -5.72. The molecule has 62 heavy (non-hydrogen) atoms. The molecule has 5 atom stereocenters. The molecule has 3 heterocycles. The molecule has 1 aromatic carbocycles. The molecule has 334 valence electrons. The van der Waals surface area contributed by atoms with Gasteiger partial charge in [-0.25, -0.2) is 9.59 Å². The predicted molar refractivity (Wildman–Crippen MR) is 213 cm³/mol. The third-order valence-electron chi connectivity index (χ3n) is 12.1. The number of carbonyl (C=O) groups excluding carboxylic acids is 8. The van der Waals surface area contributed by atoms with Crippen LogP contribution >= 0.6 is 0 Å². The fraction of sp³-hybridized carbons (Fsp3) is 0.545. The standard InChI is InChI=1S/C44H52N2O16/c1-27(7-6-15-42(3)33-14-17-43(41(54)62-42)16-12-29(40(53)55-4)13-18-44(33,43)61-28(2)47)39(52)60-26-24-58-22-20-56-19-21-57-23-25-59-32-9-5-8-30-35(32)38(51)46(37(30)50)31-10-11-34(48)45-36(31)49/h5-9,12,15,31,33H,10-11,13-14,16-26H2,1-4H3,(H,45,48,49)/b15-6+,27-7+/t31?,33-,42-,43-,44+/m1/s1. The van der Waals surface area contributed by atoms with Crippen molar-refractivity contribution < 1.29 is 76.3 Å². The Morgan fingerprint density at radius 1 is 0.887 bits per heavy atom. The number of hydrogen-bond donors (Lipinski definition) is 1. The van der Waals surface area contributed by atoms with Crippen molar-refractivity contribution in [1.29, 1.82) is 0 Å². The molecule has 3 aliphatic heterocycles. The molecule has 1 N–H and O–H groups in total. The number of methoxy groups -OCH3 is 1. The number of hydrogen-bond acceptors (Lipinski definition) is 16. The van der Waals surface area contributed by atoms with Crippen LogP contribution in [-0.2, 0) is 61.9 Å². The number of nitrogens with one attached hydrogen (secondary N) is 1. The van der Waals surface area contributed by atoms with E-state index in [1.165, 1.54) is 20.1 Å². The summed E-state index contributed by atoms with van der Waals surface area (Å²) in [6.45, 7) is 6.07. The van der Waals surface area contributed by atoms with Crippen LogP contribution in [0.1, 0.15) is 86.4 Å². The Labute approximate surface area is 358 Å². The Kier molecular flexibility index (Phi) is 14.4. The maximum atomic E-state index is 13.8. The lowest BCUT2D eigenvalue weighted by Crippen LogP contribution is -2.65. The van der Waals surface area contributed by atoms with Crippen LogP contribution in [-0.4, -0.2) is 130 Å². The zero-order valence-electron chi connectivity index (χ0n) is 35.3. The predicted octanol–water partition coefficient (Wildman–Crippen LogP) is 2.86. The Bertz CT molecular complexity index is 2070. The van der Waals surface area contributed by atoms with E-state index in [0.717, 1.165) is 4.90 Å². The van der Waals surface area contributed by atoms with Gasteiger partial charge in [0, 0.05) is 30.4 Å². The summed E-state index contributed by atoms with van der Waals surface area (Å²) in [7, 11) is 1.30. The molecule has 2 aliphatic carbocycles. The molecule has 2 saturated heterocycles. The first kappa shape index (κ1) is 45.8. The van der Waals surface area contributed by atoms with Gasteiger partial charge in [0.25, 0.3) is 11.8 Å². The summed E-state index contributed by atoms with van der Waals surface area (Å²) in [6, 6.07) is 3.55. The van der Waals surface area contributed by atoms with Gasteiger partial charge in [-0.15, -0.1) is 0 Å². The summed E-state index contributed by atoms with van der Waals surface area (Å²) in [5.74, 6) is -4.70. The highest BCUT2D eigenvalue weighted by Crippen LogP contribution is 2.65. The van der Waals surface area contributed by atoms with E-state index < -0.39 is 76.1 Å². The number of rotatable bonds is 19. The number of fused-ring (bicyclic) bond motifs is 1. The molecule has 18 nitrogen and oxygen atoms in total. The number of ether oxygens (including phenoxy) is 8. The van der Waals surface area contributed by atoms with Crippen LogP contribution in [0.2, 0.25) is 0 Å². The van der Waals surface area contributed by atoms with E-state index in [9.17, 15) is 38.4 Å². The van der Waals surface area contributed by atoms with Gasteiger partial charge in [-0.1, -0.05) is 24.3 Å². The minimum atomic E-state index is -1.19. The number of esters is 4. The van der Waals surface area contributed by atoms with Gasteiger partial charge in [0.2, 0.25) is 11.8 Å². The number of imide groups is 2. The van der Waals surface area contributed by atoms with Crippen molar-refractivity contribution in [3.8, 4) is 5.75 Å². The van der Waals surface area contributed by atoms with Crippen molar-refractivity contribution in [1.82, 2.24) is 10.2 Å². The van der Waals surface area contributed by atoms with E-state index in [0.29, 0.717) is 24.0 Å². The largest absolute Gasteiger partial charge is 0.490 e. The minimum absolute atomic E-state index is 0.00214. The highest BCUT2D eigenvalue weighted by Gasteiger charge is 2.74.